The molecule has 68 valence electrons. The van der Waals surface area contributed by atoms with E-state index in [1.165, 1.54) is 5.56 Å². The predicted molar refractivity (Wildman–Crippen MR) is 51.5 cm³/mol. The summed E-state index contributed by atoms with van der Waals surface area (Å²) in [7, 11) is 0. The van der Waals surface area contributed by atoms with Gasteiger partial charge in [-0.25, -0.2) is 0 Å². The normalized spacial score (nSPS) is 21.8. The Labute approximate surface area is 76.9 Å². The summed E-state index contributed by atoms with van der Waals surface area (Å²) in [6.07, 6.45) is 3.61. The van der Waals surface area contributed by atoms with Gasteiger partial charge in [-0.3, -0.25) is 9.98 Å². The molecule has 1 unspecified atom stereocenters. The standard InChI is InChI=1S/C9H12N4/c10-9-12-5-8(6-13-9)7-1-3-11-4-2-7/h1-4,8H,5-6H2,(H3,10,12,13). The van der Waals surface area contributed by atoms with Crippen LogP contribution in [0.3, 0.4) is 0 Å². The summed E-state index contributed by atoms with van der Waals surface area (Å²) in [6.45, 7) is 1.63. The van der Waals surface area contributed by atoms with Crippen molar-refractivity contribution in [3.63, 3.8) is 0 Å². The Hall–Kier alpha value is -1.58. The summed E-state index contributed by atoms with van der Waals surface area (Å²) in [5, 5.41) is 3.04. The first-order valence-electron chi connectivity index (χ1n) is 4.30. The molecular weight excluding hydrogens is 164 g/mol. The number of hydrogen-bond donors (Lipinski definition) is 2. The molecule has 13 heavy (non-hydrogen) atoms. The molecule has 0 spiro atoms. The van der Waals surface area contributed by atoms with Gasteiger partial charge < -0.3 is 11.1 Å². The van der Waals surface area contributed by atoms with Crippen molar-refractivity contribution < 1.29 is 0 Å². The van der Waals surface area contributed by atoms with Gasteiger partial charge in [-0.05, 0) is 17.7 Å². The van der Waals surface area contributed by atoms with Gasteiger partial charge in [0.1, 0.15) is 0 Å². The van der Waals surface area contributed by atoms with E-state index in [0.717, 1.165) is 13.1 Å². The van der Waals surface area contributed by atoms with E-state index < -0.39 is 0 Å². The number of pyridine rings is 1. The zero-order valence-electron chi connectivity index (χ0n) is 7.27. The molecule has 0 radical (unpaired) electrons. The van der Waals surface area contributed by atoms with Gasteiger partial charge in [0.05, 0.1) is 6.54 Å². The highest BCUT2D eigenvalue weighted by Gasteiger charge is 2.14. The molecule has 4 nitrogen and oxygen atoms in total. The van der Waals surface area contributed by atoms with E-state index in [4.69, 9.17) is 5.73 Å². The first-order chi connectivity index (χ1) is 6.36. The highest BCUT2D eigenvalue weighted by molar-refractivity contribution is 5.78. The molecule has 3 N–H and O–H groups in total. The van der Waals surface area contributed by atoms with Crippen molar-refractivity contribution in [2.45, 2.75) is 5.92 Å². The van der Waals surface area contributed by atoms with Crippen molar-refractivity contribution in [3.05, 3.63) is 30.1 Å². The molecule has 1 aliphatic rings. The molecule has 0 aliphatic carbocycles. The smallest absolute Gasteiger partial charge is 0.188 e. The van der Waals surface area contributed by atoms with E-state index in [2.05, 4.69) is 15.3 Å². The fraction of sp³-hybridized carbons (Fsp3) is 0.333. The maximum absolute atomic E-state index is 5.50. The Morgan fingerprint density at radius 2 is 2.15 bits per heavy atom. The third kappa shape index (κ3) is 1.77. The van der Waals surface area contributed by atoms with Gasteiger partial charge in [-0.1, -0.05) is 0 Å². The third-order valence-electron chi connectivity index (χ3n) is 2.19. The van der Waals surface area contributed by atoms with E-state index in [1.54, 1.807) is 12.4 Å². The maximum atomic E-state index is 5.50. The van der Waals surface area contributed by atoms with E-state index in [0.29, 0.717) is 11.9 Å². The summed E-state index contributed by atoms with van der Waals surface area (Å²) in [6, 6.07) is 4.03. The van der Waals surface area contributed by atoms with Crippen LogP contribution in [0.25, 0.3) is 0 Å². The number of aromatic nitrogens is 1. The fourth-order valence-electron chi connectivity index (χ4n) is 1.42. The van der Waals surface area contributed by atoms with Crippen LogP contribution in [0.4, 0.5) is 0 Å². The average Bonchev–Trinajstić information content (AvgIpc) is 2.20. The van der Waals surface area contributed by atoms with Gasteiger partial charge in [0.25, 0.3) is 0 Å². The second-order valence-corrected chi connectivity index (χ2v) is 3.08. The van der Waals surface area contributed by atoms with Crippen LogP contribution in [0, 0.1) is 0 Å². The van der Waals surface area contributed by atoms with Crippen LogP contribution < -0.4 is 11.1 Å². The highest BCUT2D eigenvalue weighted by Crippen LogP contribution is 2.15. The Morgan fingerprint density at radius 3 is 2.77 bits per heavy atom. The molecular formula is C9H12N4. The van der Waals surface area contributed by atoms with Crippen LogP contribution in [-0.2, 0) is 0 Å². The van der Waals surface area contributed by atoms with E-state index in [-0.39, 0.29) is 0 Å². The Bertz CT molecular complexity index is 307. The number of nitrogens with two attached hydrogens (primary N) is 1. The zero-order valence-corrected chi connectivity index (χ0v) is 7.27. The summed E-state index contributed by atoms with van der Waals surface area (Å²) < 4.78 is 0. The van der Waals surface area contributed by atoms with Gasteiger partial charge in [0.2, 0.25) is 0 Å². The molecule has 0 fully saturated rings. The summed E-state index contributed by atoms with van der Waals surface area (Å²) >= 11 is 0. The van der Waals surface area contributed by atoms with Gasteiger partial charge in [0.15, 0.2) is 5.96 Å². The summed E-state index contributed by atoms with van der Waals surface area (Å²) in [5.74, 6) is 0.973. The third-order valence-corrected chi connectivity index (χ3v) is 2.19. The lowest BCUT2D eigenvalue weighted by Gasteiger charge is -2.20. The first kappa shape index (κ1) is 8.04. The lowest BCUT2D eigenvalue weighted by Crippen LogP contribution is -2.39. The molecule has 1 aliphatic heterocycles. The maximum Gasteiger partial charge on any atom is 0.188 e. The SMILES string of the molecule is NC1=NCC(c2ccncc2)CN1. The van der Waals surface area contributed by atoms with Gasteiger partial charge in [-0.15, -0.1) is 0 Å². The number of hydrogen-bond acceptors (Lipinski definition) is 4. The van der Waals surface area contributed by atoms with Crippen molar-refractivity contribution in [1.29, 1.82) is 0 Å². The highest BCUT2D eigenvalue weighted by atomic mass is 15.1. The van der Waals surface area contributed by atoms with Crippen molar-refractivity contribution >= 4 is 5.96 Å². The van der Waals surface area contributed by atoms with Crippen molar-refractivity contribution in [3.8, 4) is 0 Å². The van der Waals surface area contributed by atoms with Crippen molar-refractivity contribution in [2.24, 2.45) is 10.7 Å². The van der Waals surface area contributed by atoms with Crippen molar-refractivity contribution in [1.82, 2.24) is 10.3 Å². The second kappa shape index (κ2) is 3.43. The number of nitrogens with one attached hydrogen (secondary N) is 1. The van der Waals surface area contributed by atoms with Crippen LogP contribution in [-0.4, -0.2) is 24.0 Å². The monoisotopic (exact) mass is 176 g/mol. The minimum atomic E-state index is 0.426. The molecule has 2 rings (SSSR count). The molecule has 2 heterocycles. The molecule has 1 aromatic heterocycles. The topological polar surface area (TPSA) is 63.3 Å². The molecule has 1 atom stereocenters. The molecule has 0 saturated heterocycles. The number of nitrogens with zero attached hydrogens (tertiary/aromatic N) is 2. The van der Waals surface area contributed by atoms with Crippen molar-refractivity contribution in [2.75, 3.05) is 13.1 Å². The molecule has 0 amide bonds. The quantitative estimate of drug-likeness (QED) is 0.637. The Balaban J connectivity index is 2.12. The number of rotatable bonds is 1. The van der Waals surface area contributed by atoms with E-state index >= 15 is 0 Å². The molecule has 0 bridgehead atoms. The molecule has 0 saturated carbocycles. The Morgan fingerprint density at radius 1 is 1.38 bits per heavy atom. The van der Waals surface area contributed by atoms with Crippen LogP contribution in [0.5, 0.6) is 0 Å². The van der Waals surface area contributed by atoms with E-state index in [1.807, 2.05) is 12.1 Å². The van der Waals surface area contributed by atoms with Crippen LogP contribution in [0.15, 0.2) is 29.5 Å². The minimum absolute atomic E-state index is 0.426. The largest absolute Gasteiger partial charge is 0.370 e. The zero-order chi connectivity index (χ0) is 9.10. The number of guanidine groups is 1. The van der Waals surface area contributed by atoms with E-state index in [9.17, 15) is 0 Å². The average molecular weight is 176 g/mol. The number of aliphatic imine (C=N–C) groups is 1. The second-order valence-electron chi connectivity index (χ2n) is 3.08. The summed E-state index contributed by atoms with van der Waals surface area (Å²) in [5.41, 5.74) is 6.76. The minimum Gasteiger partial charge on any atom is -0.370 e. The van der Waals surface area contributed by atoms with Gasteiger partial charge >= 0.3 is 0 Å². The Kier molecular flexibility index (Phi) is 2.12. The first-order valence-corrected chi connectivity index (χ1v) is 4.30. The van der Waals surface area contributed by atoms with Crippen LogP contribution >= 0.6 is 0 Å². The lowest BCUT2D eigenvalue weighted by molar-refractivity contribution is 0.634. The van der Waals surface area contributed by atoms with Crippen LogP contribution in [0.2, 0.25) is 0 Å². The molecule has 4 heteroatoms. The van der Waals surface area contributed by atoms with Gasteiger partial charge in [-0.2, -0.15) is 0 Å². The summed E-state index contributed by atoms with van der Waals surface area (Å²) in [4.78, 5) is 8.12. The van der Waals surface area contributed by atoms with Gasteiger partial charge in [0, 0.05) is 24.9 Å². The fourth-order valence-corrected chi connectivity index (χ4v) is 1.42. The van der Waals surface area contributed by atoms with Crippen LogP contribution in [0.1, 0.15) is 11.5 Å². The molecule has 1 aromatic rings. The molecule has 0 aromatic carbocycles. The predicted octanol–water partition coefficient (Wildman–Crippen LogP) is 0.0831. The lowest BCUT2D eigenvalue weighted by atomic mass is 10.00.